The minimum Gasteiger partial charge on any atom is -0.402 e. The molecule has 3 aromatic carbocycles. The summed E-state index contributed by atoms with van der Waals surface area (Å²) in [5, 5.41) is 0. The van der Waals surface area contributed by atoms with Gasteiger partial charge in [0.2, 0.25) is 0 Å². The zero-order valence-corrected chi connectivity index (χ0v) is 16.7. The van der Waals surface area contributed by atoms with Crippen molar-refractivity contribution in [1.82, 2.24) is 0 Å². The molecule has 0 N–H and O–H groups in total. The minimum atomic E-state index is -2.12. The number of rotatable bonds is 7. The van der Waals surface area contributed by atoms with Crippen LogP contribution in [0.25, 0.3) is 0 Å². The lowest BCUT2D eigenvalue weighted by molar-refractivity contribution is -0.131. The van der Waals surface area contributed by atoms with E-state index in [-0.39, 0.29) is 5.97 Å². The van der Waals surface area contributed by atoms with Gasteiger partial charge in [0.15, 0.2) is 0 Å². The molecule has 0 heterocycles. The lowest BCUT2D eigenvalue weighted by atomic mass is 10.1. The first-order chi connectivity index (χ1) is 13.2. The largest absolute Gasteiger partial charge is 0.402 e. The van der Waals surface area contributed by atoms with Crippen LogP contribution >= 0.6 is 10.3 Å². The quantitative estimate of drug-likeness (QED) is 0.452. The van der Waals surface area contributed by atoms with Crippen molar-refractivity contribution in [3.8, 4) is 0 Å². The normalized spacial score (nSPS) is 11.8. The van der Waals surface area contributed by atoms with Gasteiger partial charge in [0.25, 0.3) is 0 Å². The van der Waals surface area contributed by atoms with Gasteiger partial charge < -0.3 is 4.18 Å². The molecule has 0 aromatic heterocycles. The van der Waals surface area contributed by atoms with Crippen LogP contribution in [0.15, 0.2) is 99.6 Å². The van der Waals surface area contributed by atoms with Crippen LogP contribution in [0.4, 0.5) is 0 Å². The summed E-state index contributed by atoms with van der Waals surface area (Å²) >= 11 is 0. The molecule has 0 saturated carbocycles. The molecular formula is C24H26O2S. The third kappa shape index (κ3) is 4.25. The van der Waals surface area contributed by atoms with E-state index in [9.17, 15) is 4.79 Å². The van der Waals surface area contributed by atoms with Gasteiger partial charge in [-0.3, -0.25) is 4.79 Å². The Labute approximate surface area is 163 Å². The zero-order valence-electron chi connectivity index (χ0n) is 15.9. The highest BCUT2D eigenvalue weighted by Gasteiger charge is 2.34. The van der Waals surface area contributed by atoms with Gasteiger partial charge in [-0.2, -0.15) is 0 Å². The van der Waals surface area contributed by atoms with E-state index in [0.717, 1.165) is 21.1 Å². The SMILES string of the molecule is CCCCc1ccc(S(OC(C)=O)(c2ccccc2)c2ccccc2)cc1. The van der Waals surface area contributed by atoms with Gasteiger partial charge in [-0.15, -0.1) is 0 Å². The highest BCUT2D eigenvalue weighted by molar-refractivity contribution is 8.30. The first kappa shape index (κ1) is 19.2. The van der Waals surface area contributed by atoms with Crippen LogP contribution in [-0.4, -0.2) is 5.97 Å². The smallest absolute Gasteiger partial charge is 0.313 e. The van der Waals surface area contributed by atoms with E-state index in [2.05, 4.69) is 55.5 Å². The molecule has 0 aliphatic rings. The van der Waals surface area contributed by atoms with Gasteiger partial charge >= 0.3 is 5.97 Å². The second-order valence-electron chi connectivity index (χ2n) is 6.50. The highest BCUT2D eigenvalue weighted by Crippen LogP contribution is 2.69. The van der Waals surface area contributed by atoms with Crippen molar-refractivity contribution in [1.29, 1.82) is 0 Å². The van der Waals surface area contributed by atoms with Crippen LogP contribution in [0, 0.1) is 0 Å². The third-order valence-corrected chi connectivity index (χ3v) is 7.76. The zero-order chi connectivity index (χ0) is 19.1. The van der Waals surface area contributed by atoms with Crippen LogP contribution in [0.5, 0.6) is 0 Å². The fourth-order valence-electron chi connectivity index (χ4n) is 3.18. The van der Waals surface area contributed by atoms with E-state index in [4.69, 9.17) is 4.18 Å². The molecule has 140 valence electrons. The number of benzene rings is 3. The fraction of sp³-hybridized carbons (Fsp3) is 0.208. The Balaban J connectivity index is 2.18. The molecule has 27 heavy (non-hydrogen) atoms. The number of unbranched alkanes of at least 4 members (excludes halogenated alkanes) is 1. The van der Waals surface area contributed by atoms with Gasteiger partial charge in [0.05, 0.1) is 0 Å². The second kappa shape index (κ2) is 8.92. The van der Waals surface area contributed by atoms with Gasteiger partial charge in [-0.05, 0) is 65.1 Å². The van der Waals surface area contributed by atoms with Crippen molar-refractivity contribution < 1.29 is 8.98 Å². The molecule has 0 amide bonds. The topological polar surface area (TPSA) is 26.3 Å². The van der Waals surface area contributed by atoms with Crippen molar-refractivity contribution in [2.75, 3.05) is 0 Å². The maximum Gasteiger partial charge on any atom is 0.313 e. The summed E-state index contributed by atoms with van der Waals surface area (Å²) < 4.78 is 6.16. The predicted molar refractivity (Wildman–Crippen MR) is 112 cm³/mol. The van der Waals surface area contributed by atoms with Gasteiger partial charge in [-0.25, -0.2) is 0 Å². The molecule has 3 aromatic rings. The van der Waals surface area contributed by atoms with Gasteiger partial charge in [-0.1, -0.05) is 61.9 Å². The Morgan fingerprint density at radius 3 is 1.70 bits per heavy atom. The summed E-state index contributed by atoms with van der Waals surface area (Å²) in [5.74, 6) is -0.271. The highest BCUT2D eigenvalue weighted by atomic mass is 32.3. The molecule has 0 radical (unpaired) electrons. The monoisotopic (exact) mass is 378 g/mol. The average Bonchev–Trinajstić information content (AvgIpc) is 2.72. The molecule has 0 bridgehead atoms. The minimum absolute atomic E-state index is 0.271. The summed E-state index contributed by atoms with van der Waals surface area (Å²) in [6, 6.07) is 28.8. The summed E-state index contributed by atoms with van der Waals surface area (Å²) in [4.78, 5) is 15.3. The standard InChI is InChI=1S/C24H26O2S/c1-3-4-11-21-16-18-24(19-17-21)27(26-20(2)25,22-12-7-5-8-13-22)23-14-9-6-10-15-23/h5-10,12-19H,3-4,11H2,1-2H3. The molecule has 3 heteroatoms. The maximum absolute atomic E-state index is 12.2. The number of hydrogen-bond acceptors (Lipinski definition) is 2. The fourth-order valence-corrected chi connectivity index (χ4v) is 6.24. The van der Waals surface area contributed by atoms with Crippen molar-refractivity contribution in [2.45, 2.75) is 47.8 Å². The molecule has 0 spiro atoms. The molecule has 0 aliphatic carbocycles. The molecule has 0 aliphatic heterocycles. The van der Waals surface area contributed by atoms with Crippen LogP contribution in [0.2, 0.25) is 0 Å². The molecule has 0 atom stereocenters. The number of hydrogen-bond donors (Lipinski definition) is 0. The molecule has 3 rings (SSSR count). The van der Waals surface area contributed by atoms with Crippen molar-refractivity contribution in [3.63, 3.8) is 0 Å². The van der Waals surface area contributed by atoms with Crippen LogP contribution < -0.4 is 0 Å². The van der Waals surface area contributed by atoms with E-state index in [1.807, 2.05) is 36.4 Å². The van der Waals surface area contributed by atoms with E-state index in [0.29, 0.717) is 0 Å². The van der Waals surface area contributed by atoms with Crippen LogP contribution in [0.1, 0.15) is 32.3 Å². The van der Waals surface area contributed by atoms with E-state index in [1.165, 1.54) is 25.3 Å². The summed E-state index contributed by atoms with van der Waals surface area (Å²) in [6.07, 6.45) is 3.43. The molecule has 2 nitrogen and oxygen atoms in total. The summed E-state index contributed by atoms with van der Waals surface area (Å²) in [6.45, 7) is 3.69. The Morgan fingerprint density at radius 2 is 1.26 bits per heavy atom. The Morgan fingerprint density at radius 1 is 0.778 bits per heavy atom. The predicted octanol–water partition coefficient (Wildman–Crippen LogP) is 6.79. The number of carbonyl (C=O) groups is 1. The first-order valence-corrected chi connectivity index (χ1v) is 10.9. The molecule has 0 unspecified atom stereocenters. The van der Waals surface area contributed by atoms with Gasteiger partial charge in [0.1, 0.15) is 0 Å². The average molecular weight is 379 g/mol. The van der Waals surface area contributed by atoms with E-state index >= 15 is 0 Å². The van der Waals surface area contributed by atoms with Crippen molar-refractivity contribution in [3.05, 3.63) is 90.5 Å². The Kier molecular flexibility index (Phi) is 6.36. The summed E-state index contributed by atoms with van der Waals surface area (Å²) in [5.41, 5.74) is 1.32. The van der Waals surface area contributed by atoms with Gasteiger partial charge in [0, 0.05) is 21.6 Å². The van der Waals surface area contributed by atoms with Crippen LogP contribution in [0.3, 0.4) is 0 Å². The maximum atomic E-state index is 12.2. The van der Waals surface area contributed by atoms with E-state index < -0.39 is 10.3 Å². The second-order valence-corrected chi connectivity index (χ2v) is 9.20. The Hall–Kier alpha value is -2.52. The van der Waals surface area contributed by atoms with Crippen molar-refractivity contribution in [2.24, 2.45) is 0 Å². The summed E-state index contributed by atoms with van der Waals surface area (Å²) in [7, 11) is -2.12. The Bertz CT molecular complexity index is 818. The molecule has 0 saturated heterocycles. The lowest BCUT2D eigenvalue weighted by Crippen LogP contribution is -2.11. The number of carbonyl (C=O) groups excluding carboxylic acids is 1. The van der Waals surface area contributed by atoms with E-state index in [1.54, 1.807) is 0 Å². The first-order valence-electron chi connectivity index (χ1n) is 9.39. The number of aryl methyl sites for hydroxylation is 1. The lowest BCUT2D eigenvalue weighted by Gasteiger charge is -2.39. The third-order valence-electron chi connectivity index (χ3n) is 4.47. The van der Waals surface area contributed by atoms with Crippen LogP contribution in [-0.2, 0) is 15.4 Å². The van der Waals surface area contributed by atoms with Crippen molar-refractivity contribution >= 4 is 16.3 Å². The molecular weight excluding hydrogens is 352 g/mol. The molecule has 0 fully saturated rings.